The van der Waals surface area contributed by atoms with E-state index in [0.717, 1.165) is 19.6 Å². The lowest BCUT2D eigenvalue weighted by molar-refractivity contribution is 0.229. The molecule has 1 fully saturated rings. The summed E-state index contributed by atoms with van der Waals surface area (Å²) in [5.74, 6) is 0.265. The van der Waals surface area contributed by atoms with Crippen molar-refractivity contribution < 1.29 is 13.5 Å². The summed E-state index contributed by atoms with van der Waals surface area (Å²) in [6.07, 6.45) is 4.42. The maximum atomic E-state index is 12.1. The first kappa shape index (κ1) is 14.3. The fourth-order valence-corrected chi connectivity index (χ4v) is 3.73. The quantitative estimate of drug-likeness (QED) is 0.898. The SMILES string of the molecule is O=S(=O)(CCCN1CCCCC1)c1ccc(O)cc1. The number of hydrogen-bond donors (Lipinski definition) is 1. The van der Waals surface area contributed by atoms with E-state index in [2.05, 4.69) is 4.90 Å². The molecule has 19 heavy (non-hydrogen) atoms. The monoisotopic (exact) mass is 283 g/mol. The minimum absolute atomic E-state index is 0.0901. The minimum Gasteiger partial charge on any atom is -0.508 e. The first-order valence-electron chi connectivity index (χ1n) is 6.82. The highest BCUT2D eigenvalue weighted by atomic mass is 32.2. The fraction of sp³-hybridized carbons (Fsp3) is 0.571. The molecule has 1 aliphatic rings. The molecule has 2 rings (SSSR count). The van der Waals surface area contributed by atoms with E-state index in [4.69, 9.17) is 5.11 Å². The summed E-state index contributed by atoms with van der Waals surface area (Å²) in [4.78, 5) is 2.64. The van der Waals surface area contributed by atoms with Crippen LogP contribution in [0.1, 0.15) is 25.7 Å². The summed E-state index contributed by atoms with van der Waals surface area (Å²) >= 11 is 0. The first-order valence-corrected chi connectivity index (χ1v) is 8.47. The van der Waals surface area contributed by atoms with Gasteiger partial charge < -0.3 is 10.0 Å². The van der Waals surface area contributed by atoms with E-state index in [0.29, 0.717) is 11.3 Å². The maximum Gasteiger partial charge on any atom is 0.178 e. The van der Waals surface area contributed by atoms with Gasteiger partial charge in [0.15, 0.2) is 9.84 Å². The van der Waals surface area contributed by atoms with Crippen molar-refractivity contribution in [1.29, 1.82) is 0 Å². The van der Waals surface area contributed by atoms with Gasteiger partial charge in [-0.3, -0.25) is 0 Å². The number of rotatable bonds is 5. The molecule has 0 aliphatic carbocycles. The number of sulfone groups is 1. The average Bonchev–Trinajstić information content (AvgIpc) is 2.40. The highest BCUT2D eigenvalue weighted by molar-refractivity contribution is 7.91. The first-order chi connectivity index (χ1) is 9.08. The van der Waals surface area contributed by atoms with Crippen LogP contribution in [0.15, 0.2) is 29.2 Å². The van der Waals surface area contributed by atoms with Crippen molar-refractivity contribution in [2.24, 2.45) is 0 Å². The Hall–Kier alpha value is -1.07. The highest BCUT2D eigenvalue weighted by Gasteiger charge is 2.16. The molecule has 0 amide bonds. The predicted octanol–water partition coefficient (Wildman–Crippen LogP) is 2.04. The molecule has 1 aliphatic heterocycles. The second-order valence-electron chi connectivity index (χ2n) is 5.07. The van der Waals surface area contributed by atoms with Crippen LogP contribution in [0.25, 0.3) is 0 Å². The van der Waals surface area contributed by atoms with E-state index in [1.165, 1.54) is 43.5 Å². The zero-order valence-electron chi connectivity index (χ0n) is 11.1. The Balaban J connectivity index is 1.85. The largest absolute Gasteiger partial charge is 0.508 e. The van der Waals surface area contributed by atoms with Crippen molar-refractivity contribution >= 4 is 9.84 Å². The van der Waals surface area contributed by atoms with Crippen LogP contribution in [0.4, 0.5) is 0 Å². The molecular formula is C14H21NO3S. The van der Waals surface area contributed by atoms with E-state index < -0.39 is 9.84 Å². The summed E-state index contributed by atoms with van der Waals surface area (Å²) in [5, 5.41) is 9.17. The van der Waals surface area contributed by atoms with Gasteiger partial charge >= 0.3 is 0 Å². The predicted molar refractivity (Wildman–Crippen MR) is 75.1 cm³/mol. The van der Waals surface area contributed by atoms with Crippen molar-refractivity contribution in [3.63, 3.8) is 0 Å². The average molecular weight is 283 g/mol. The lowest BCUT2D eigenvalue weighted by Crippen LogP contribution is -2.31. The molecule has 4 nitrogen and oxygen atoms in total. The highest BCUT2D eigenvalue weighted by Crippen LogP contribution is 2.17. The van der Waals surface area contributed by atoms with Gasteiger partial charge in [-0.2, -0.15) is 0 Å². The summed E-state index contributed by atoms with van der Waals surface area (Å²) in [6.45, 7) is 3.05. The van der Waals surface area contributed by atoms with E-state index in [1.54, 1.807) is 0 Å². The van der Waals surface area contributed by atoms with Gasteiger partial charge in [-0.05, 0) is 63.2 Å². The Kier molecular flexibility index (Phi) is 4.82. The van der Waals surface area contributed by atoms with Gasteiger partial charge in [0, 0.05) is 0 Å². The van der Waals surface area contributed by atoms with Crippen molar-refractivity contribution in [2.75, 3.05) is 25.4 Å². The molecule has 0 saturated carbocycles. The molecule has 0 spiro atoms. The van der Waals surface area contributed by atoms with Crippen molar-refractivity contribution in [3.05, 3.63) is 24.3 Å². The number of hydrogen-bond acceptors (Lipinski definition) is 4. The third-order valence-electron chi connectivity index (χ3n) is 3.53. The van der Waals surface area contributed by atoms with Gasteiger partial charge in [-0.25, -0.2) is 8.42 Å². The van der Waals surface area contributed by atoms with Crippen LogP contribution in [-0.4, -0.2) is 43.8 Å². The van der Waals surface area contributed by atoms with Crippen LogP contribution in [0.2, 0.25) is 0 Å². The van der Waals surface area contributed by atoms with Crippen LogP contribution in [0, 0.1) is 0 Å². The summed E-state index contributed by atoms with van der Waals surface area (Å²) in [6, 6.07) is 5.76. The van der Waals surface area contributed by atoms with Gasteiger partial charge in [-0.15, -0.1) is 0 Å². The lowest BCUT2D eigenvalue weighted by atomic mass is 10.1. The van der Waals surface area contributed by atoms with E-state index in [9.17, 15) is 8.42 Å². The maximum absolute atomic E-state index is 12.1. The van der Waals surface area contributed by atoms with Gasteiger partial charge in [0.2, 0.25) is 0 Å². The number of piperidine rings is 1. The molecule has 106 valence electrons. The topological polar surface area (TPSA) is 57.6 Å². The van der Waals surface area contributed by atoms with Gasteiger partial charge in [-0.1, -0.05) is 6.42 Å². The smallest absolute Gasteiger partial charge is 0.178 e. The van der Waals surface area contributed by atoms with E-state index in [1.807, 2.05) is 0 Å². The van der Waals surface area contributed by atoms with Crippen molar-refractivity contribution in [1.82, 2.24) is 4.90 Å². The molecule has 1 aromatic rings. The zero-order chi connectivity index (χ0) is 13.7. The molecule has 1 saturated heterocycles. The van der Waals surface area contributed by atoms with E-state index >= 15 is 0 Å². The van der Waals surface area contributed by atoms with Gasteiger partial charge in [0.1, 0.15) is 5.75 Å². The second-order valence-corrected chi connectivity index (χ2v) is 7.18. The van der Waals surface area contributed by atoms with Crippen molar-refractivity contribution in [2.45, 2.75) is 30.6 Å². The van der Waals surface area contributed by atoms with E-state index in [-0.39, 0.29) is 11.5 Å². The molecule has 1 heterocycles. The fourth-order valence-electron chi connectivity index (χ4n) is 2.43. The Morgan fingerprint density at radius 1 is 1.05 bits per heavy atom. The van der Waals surface area contributed by atoms with Crippen LogP contribution in [-0.2, 0) is 9.84 Å². The molecule has 0 atom stereocenters. The number of nitrogens with zero attached hydrogens (tertiary/aromatic N) is 1. The third kappa shape index (κ3) is 4.21. The number of phenolic OH excluding ortho intramolecular Hbond substituents is 1. The third-order valence-corrected chi connectivity index (χ3v) is 5.35. The lowest BCUT2D eigenvalue weighted by Gasteiger charge is -2.26. The Labute approximate surface area is 115 Å². The molecule has 1 aromatic carbocycles. The second kappa shape index (κ2) is 6.39. The molecular weight excluding hydrogens is 262 g/mol. The Bertz CT molecular complexity index is 490. The zero-order valence-corrected chi connectivity index (χ0v) is 11.9. The van der Waals surface area contributed by atoms with Crippen LogP contribution >= 0.6 is 0 Å². The summed E-state index contributed by atoms with van der Waals surface area (Å²) in [5.41, 5.74) is 0. The minimum atomic E-state index is -3.22. The molecule has 1 N–H and O–H groups in total. The normalized spacial score (nSPS) is 17.5. The molecule has 5 heteroatoms. The molecule has 0 bridgehead atoms. The molecule has 0 unspecified atom stereocenters. The number of phenols is 1. The van der Waals surface area contributed by atoms with Gasteiger partial charge in [0.25, 0.3) is 0 Å². The van der Waals surface area contributed by atoms with Crippen LogP contribution < -0.4 is 0 Å². The van der Waals surface area contributed by atoms with Crippen LogP contribution in [0.3, 0.4) is 0 Å². The number of likely N-dealkylation sites (tertiary alicyclic amines) is 1. The Morgan fingerprint density at radius 3 is 2.32 bits per heavy atom. The molecule has 0 radical (unpaired) electrons. The summed E-state index contributed by atoms with van der Waals surface area (Å²) in [7, 11) is -3.22. The van der Waals surface area contributed by atoms with Gasteiger partial charge in [0.05, 0.1) is 10.6 Å². The van der Waals surface area contributed by atoms with Crippen molar-refractivity contribution in [3.8, 4) is 5.75 Å². The van der Waals surface area contributed by atoms with Crippen LogP contribution in [0.5, 0.6) is 5.75 Å². The Morgan fingerprint density at radius 2 is 1.68 bits per heavy atom. The summed E-state index contributed by atoms with van der Waals surface area (Å²) < 4.78 is 24.2. The number of aromatic hydroxyl groups is 1. The molecule has 0 aromatic heterocycles. The number of benzene rings is 1. The standard InChI is InChI=1S/C14H21NO3S/c16-13-5-7-14(8-6-13)19(17,18)12-4-11-15-9-2-1-3-10-15/h5-8,16H,1-4,9-12H2.